The minimum atomic E-state index is 0.384. The van der Waals surface area contributed by atoms with Gasteiger partial charge in [-0.1, -0.05) is 30.3 Å². The third-order valence-electron chi connectivity index (χ3n) is 2.87. The number of rotatable bonds is 6. The second-order valence-electron chi connectivity index (χ2n) is 4.18. The molecule has 0 saturated carbocycles. The van der Waals surface area contributed by atoms with E-state index in [0.29, 0.717) is 12.5 Å². The van der Waals surface area contributed by atoms with E-state index in [1.807, 2.05) is 6.07 Å². The van der Waals surface area contributed by atoms with Crippen LogP contribution in [0.5, 0.6) is 0 Å². The van der Waals surface area contributed by atoms with Crippen LogP contribution >= 0.6 is 27.3 Å². The second kappa shape index (κ2) is 7.04. The molecule has 1 heterocycles. The Morgan fingerprint density at radius 1 is 1.17 bits per heavy atom. The maximum absolute atomic E-state index is 5.84. The van der Waals surface area contributed by atoms with Crippen molar-refractivity contribution in [2.75, 3.05) is 13.1 Å². The van der Waals surface area contributed by atoms with Crippen molar-refractivity contribution in [3.63, 3.8) is 0 Å². The maximum Gasteiger partial charge on any atom is 0.0701 e. The first-order valence-corrected chi connectivity index (χ1v) is 7.60. The highest BCUT2D eigenvalue weighted by molar-refractivity contribution is 9.11. The van der Waals surface area contributed by atoms with Gasteiger partial charge in [0.05, 0.1) is 3.79 Å². The zero-order valence-corrected chi connectivity index (χ0v) is 12.5. The molecule has 0 saturated heterocycles. The zero-order valence-electron chi connectivity index (χ0n) is 10.1. The van der Waals surface area contributed by atoms with Gasteiger partial charge in [-0.25, -0.2) is 0 Å². The van der Waals surface area contributed by atoms with Gasteiger partial charge in [0, 0.05) is 30.4 Å². The lowest BCUT2D eigenvalue weighted by molar-refractivity contribution is 0.591. The van der Waals surface area contributed by atoms with Gasteiger partial charge in [0.1, 0.15) is 0 Å². The number of nitrogens with one attached hydrogen (secondary N) is 1. The van der Waals surface area contributed by atoms with E-state index in [4.69, 9.17) is 5.73 Å². The first-order chi connectivity index (χ1) is 8.79. The molecule has 18 heavy (non-hydrogen) atoms. The Morgan fingerprint density at radius 3 is 2.56 bits per heavy atom. The Balaban J connectivity index is 1.84. The molecule has 2 nitrogen and oxygen atoms in total. The molecule has 1 aromatic carbocycles. The highest BCUT2D eigenvalue weighted by atomic mass is 79.9. The molecule has 0 fully saturated rings. The average Bonchev–Trinajstić information content (AvgIpc) is 2.81. The Kier molecular flexibility index (Phi) is 5.38. The molecule has 0 spiro atoms. The number of nitrogens with two attached hydrogens (primary N) is 1. The van der Waals surface area contributed by atoms with Crippen molar-refractivity contribution in [3.8, 4) is 0 Å². The molecule has 1 unspecified atom stereocenters. The van der Waals surface area contributed by atoms with Crippen molar-refractivity contribution in [1.29, 1.82) is 0 Å². The van der Waals surface area contributed by atoms with Gasteiger partial charge in [0.25, 0.3) is 0 Å². The molecule has 3 N–H and O–H groups in total. The number of halogens is 1. The van der Waals surface area contributed by atoms with Gasteiger partial charge in [0.15, 0.2) is 0 Å². The van der Waals surface area contributed by atoms with Crippen LogP contribution in [0.15, 0.2) is 46.3 Å². The summed E-state index contributed by atoms with van der Waals surface area (Å²) in [6.07, 6.45) is 0. The summed E-state index contributed by atoms with van der Waals surface area (Å²) >= 11 is 5.24. The number of hydrogen-bond acceptors (Lipinski definition) is 3. The van der Waals surface area contributed by atoms with E-state index in [-0.39, 0.29) is 0 Å². The van der Waals surface area contributed by atoms with Crippen LogP contribution in [0, 0.1) is 0 Å². The van der Waals surface area contributed by atoms with E-state index >= 15 is 0 Å². The zero-order chi connectivity index (χ0) is 12.8. The van der Waals surface area contributed by atoms with E-state index in [1.165, 1.54) is 14.2 Å². The monoisotopic (exact) mass is 324 g/mol. The minimum Gasteiger partial charge on any atom is -0.330 e. The van der Waals surface area contributed by atoms with Crippen molar-refractivity contribution in [2.24, 2.45) is 5.73 Å². The minimum absolute atomic E-state index is 0.384. The Hall–Kier alpha value is -0.680. The lowest BCUT2D eigenvalue weighted by Gasteiger charge is -2.15. The average molecular weight is 325 g/mol. The molecule has 0 aliphatic heterocycles. The van der Waals surface area contributed by atoms with Crippen molar-refractivity contribution in [2.45, 2.75) is 12.5 Å². The fourth-order valence-corrected chi connectivity index (χ4v) is 3.33. The Bertz CT molecular complexity index is 470. The largest absolute Gasteiger partial charge is 0.330 e. The summed E-state index contributed by atoms with van der Waals surface area (Å²) in [7, 11) is 0. The van der Waals surface area contributed by atoms with Gasteiger partial charge in [-0.15, -0.1) is 11.3 Å². The van der Waals surface area contributed by atoms with Crippen molar-refractivity contribution in [1.82, 2.24) is 5.32 Å². The molecule has 1 atom stereocenters. The first kappa shape index (κ1) is 13.7. The first-order valence-electron chi connectivity index (χ1n) is 5.99. The van der Waals surface area contributed by atoms with E-state index in [1.54, 1.807) is 11.3 Å². The van der Waals surface area contributed by atoms with Crippen LogP contribution in [0.25, 0.3) is 0 Å². The Labute approximate surface area is 120 Å². The third-order valence-corrected chi connectivity index (χ3v) is 4.50. The smallest absolute Gasteiger partial charge is 0.0701 e. The van der Waals surface area contributed by atoms with Crippen molar-refractivity contribution in [3.05, 3.63) is 56.7 Å². The standard InChI is InChI=1S/C14H17BrN2S/c15-14-7-6-13(18-14)10-17-9-12(8-16)11-4-2-1-3-5-11/h1-7,12,17H,8-10,16H2. The van der Waals surface area contributed by atoms with Gasteiger partial charge in [-0.05, 0) is 33.6 Å². The summed E-state index contributed by atoms with van der Waals surface area (Å²) in [5, 5.41) is 3.47. The summed E-state index contributed by atoms with van der Waals surface area (Å²) in [4.78, 5) is 1.34. The second-order valence-corrected chi connectivity index (χ2v) is 6.73. The van der Waals surface area contributed by atoms with Gasteiger partial charge in [-0.2, -0.15) is 0 Å². The lowest BCUT2D eigenvalue weighted by atomic mass is 9.99. The highest BCUT2D eigenvalue weighted by Crippen LogP contribution is 2.22. The SMILES string of the molecule is NCC(CNCc1ccc(Br)s1)c1ccccc1. The van der Waals surface area contributed by atoms with Crippen LogP contribution < -0.4 is 11.1 Å². The molecule has 0 radical (unpaired) electrons. The number of thiophene rings is 1. The van der Waals surface area contributed by atoms with E-state index in [9.17, 15) is 0 Å². The molecule has 1 aromatic heterocycles. The molecule has 4 heteroatoms. The number of benzene rings is 1. The van der Waals surface area contributed by atoms with Crippen molar-refractivity contribution >= 4 is 27.3 Å². The molecular formula is C14H17BrN2S. The summed E-state index contributed by atoms with van der Waals surface area (Å²) in [6.45, 7) is 2.49. The normalized spacial score (nSPS) is 12.6. The molecule has 0 aliphatic carbocycles. The summed E-state index contributed by atoms with van der Waals surface area (Å²) < 4.78 is 1.18. The van der Waals surface area contributed by atoms with Crippen LogP contribution in [-0.2, 0) is 6.54 Å². The van der Waals surface area contributed by atoms with Crippen LogP contribution in [0.4, 0.5) is 0 Å². The summed E-state index contributed by atoms with van der Waals surface area (Å²) in [5.74, 6) is 0.384. The fourth-order valence-electron chi connectivity index (χ4n) is 1.88. The van der Waals surface area contributed by atoms with Gasteiger partial charge < -0.3 is 11.1 Å². The molecule has 96 valence electrons. The van der Waals surface area contributed by atoms with E-state index in [0.717, 1.165) is 13.1 Å². The Morgan fingerprint density at radius 2 is 1.94 bits per heavy atom. The molecule has 2 rings (SSSR count). The predicted molar refractivity (Wildman–Crippen MR) is 82.0 cm³/mol. The van der Waals surface area contributed by atoms with Crippen LogP contribution in [0.1, 0.15) is 16.4 Å². The summed E-state index contributed by atoms with van der Waals surface area (Å²) in [6, 6.07) is 14.7. The van der Waals surface area contributed by atoms with E-state index in [2.05, 4.69) is 57.6 Å². The molecule has 0 amide bonds. The predicted octanol–water partition coefficient (Wildman–Crippen LogP) is 3.34. The van der Waals surface area contributed by atoms with Crippen LogP contribution in [0.2, 0.25) is 0 Å². The maximum atomic E-state index is 5.84. The quantitative estimate of drug-likeness (QED) is 0.855. The summed E-state index contributed by atoms with van der Waals surface area (Å²) in [5.41, 5.74) is 7.15. The van der Waals surface area contributed by atoms with Gasteiger partial charge >= 0.3 is 0 Å². The van der Waals surface area contributed by atoms with E-state index < -0.39 is 0 Å². The van der Waals surface area contributed by atoms with Gasteiger partial charge in [0.2, 0.25) is 0 Å². The molecule has 2 aromatic rings. The number of hydrogen-bond donors (Lipinski definition) is 2. The van der Waals surface area contributed by atoms with Gasteiger partial charge in [-0.3, -0.25) is 0 Å². The van der Waals surface area contributed by atoms with Crippen LogP contribution in [-0.4, -0.2) is 13.1 Å². The highest BCUT2D eigenvalue weighted by Gasteiger charge is 2.08. The molecular weight excluding hydrogens is 308 g/mol. The van der Waals surface area contributed by atoms with Crippen LogP contribution in [0.3, 0.4) is 0 Å². The molecule has 0 aliphatic rings. The lowest BCUT2D eigenvalue weighted by Crippen LogP contribution is -2.26. The fraction of sp³-hybridized carbons (Fsp3) is 0.286. The third kappa shape index (κ3) is 3.92. The molecule has 0 bridgehead atoms. The topological polar surface area (TPSA) is 38.0 Å². The van der Waals surface area contributed by atoms with Crippen molar-refractivity contribution < 1.29 is 0 Å².